The van der Waals surface area contributed by atoms with Gasteiger partial charge in [-0.2, -0.15) is 0 Å². The summed E-state index contributed by atoms with van der Waals surface area (Å²) in [5, 5.41) is 9.35. The molecular formula is C15H22N2O3. The molecule has 5 heteroatoms. The molecule has 0 radical (unpaired) electrons. The van der Waals surface area contributed by atoms with Crippen molar-refractivity contribution in [2.45, 2.75) is 12.5 Å². The van der Waals surface area contributed by atoms with E-state index in [-0.39, 0.29) is 24.5 Å². The molecule has 0 saturated carbocycles. The van der Waals surface area contributed by atoms with Gasteiger partial charge in [0.25, 0.3) is 0 Å². The molecule has 0 bridgehead atoms. The number of nitrogens with zero attached hydrogens (tertiary/aromatic N) is 1. The first-order valence-corrected chi connectivity index (χ1v) is 6.99. The Labute approximate surface area is 119 Å². The predicted molar refractivity (Wildman–Crippen MR) is 76.1 cm³/mol. The lowest BCUT2D eigenvalue weighted by molar-refractivity contribution is -0.145. The van der Waals surface area contributed by atoms with E-state index >= 15 is 0 Å². The molecule has 1 amide bonds. The van der Waals surface area contributed by atoms with Crippen LogP contribution in [-0.2, 0) is 16.0 Å². The number of nitrogens with two attached hydrogens (primary N) is 1. The second kappa shape index (κ2) is 7.38. The summed E-state index contributed by atoms with van der Waals surface area (Å²) < 4.78 is 5.30. The van der Waals surface area contributed by atoms with Crippen LogP contribution in [0.1, 0.15) is 5.56 Å². The maximum atomic E-state index is 12.6. The molecule has 5 nitrogen and oxygen atoms in total. The van der Waals surface area contributed by atoms with Gasteiger partial charge in [0.1, 0.15) is 0 Å². The molecule has 110 valence electrons. The molecule has 1 aliphatic rings. The van der Waals surface area contributed by atoms with Crippen molar-refractivity contribution in [3.63, 3.8) is 0 Å². The van der Waals surface area contributed by atoms with Crippen molar-refractivity contribution in [1.82, 2.24) is 4.90 Å². The van der Waals surface area contributed by atoms with Crippen molar-refractivity contribution in [2.75, 3.05) is 32.9 Å². The van der Waals surface area contributed by atoms with E-state index in [9.17, 15) is 9.90 Å². The lowest BCUT2D eigenvalue weighted by Crippen LogP contribution is -2.53. The zero-order chi connectivity index (χ0) is 14.4. The highest BCUT2D eigenvalue weighted by Crippen LogP contribution is 2.15. The lowest BCUT2D eigenvalue weighted by atomic mass is 9.97. The molecule has 0 aliphatic carbocycles. The molecule has 1 aromatic carbocycles. The normalized spacial score (nSPS) is 20.7. The van der Waals surface area contributed by atoms with E-state index in [2.05, 4.69) is 0 Å². The van der Waals surface area contributed by atoms with E-state index in [4.69, 9.17) is 10.5 Å². The fourth-order valence-electron chi connectivity index (χ4n) is 2.50. The van der Waals surface area contributed by atoms with Crippen molar-refractivity contribution in [3.8, 4) is 0 Å². The Morgan fingerprint density at radius 1 is 1.45 bits per heavy atom. The van der Waals surface area contributed by atoms with Gasteiger partial charge in [0.2, 0.25) is 5.91 Å². The maximum absolute atomic E-state index is 12.6. The molecule has 0 aromatic heterocycles. The quantitative estimate of drug-likeness (QED) is 0.796. The van der Waals surface area contributed by atoms with Crippen molar-refractivity contribution in [1.29, 1.82) is 0 Å². The van der Waals surface area contributed by atoms with Gasteiger partial charge in [-0.05, 0) is 12.0 Å². The maximum Gasteiger partial charge on any atom is 0.227 e. The molecule has 2 atom stereocenters. The number of benzene rings is 1. The number of hydrogen-bond acceptors (Lipinski definition) is 4. The first-order valence-electron chi connectivity index (χ1n) is 6.99. The summed E-state index contributed by atoms with van der Waals surface area (Å²) in [6.45, 7) is 1.67. The van der Waals surface area contributed by atoms with Crippen molar-refractivity contribution < 1.29 is 14.6 Å². The fraction of sp³-hybridized carbons (Fsp3) is 0.533. The molecule has 0 spiro atoms. The average Bonchev–Trinajstić information content (AvgIpc) is 2.53. The highest BCUT2D eigenvalue weighted by molar-refractivity contribution is 5.80. The smallest absolute Gasteiger partial charge is 0.227 e. The van der Waals surface area contributed by atoms with E-state index in [0.717, 1.165) is 5.56 Å². The van der Waals surface area contributed by atoms with E-state index in [1.807, 2.05) is 30.3 Å². The van der Waals surface area contributed by atoms with Gasteiger partial charge in [0, 0.05) is 13.1 Å². The minimum absolute atomic E-state index is 0.0127. The number of rotatable bonds is 5. The third kappa shape index (κ3) is 3.56. The van der Waals surface area contributed by atoms with Crippen LogP contribution in [0.5, 0.6) is 0 Å². The number of aliphatic hydroxyl groups excluding tert-OH is 1. The summed E-state index contributed by atoms with van der Waals surface area (Å²) in [7, 11) is 0. The van der Waals surface area contributed by atoms with Crippen molar-refractivity contribution in [2.24, 2.45) is 11.7 Å². The summed E-state index contributed by atoms with van der Waals surface area (Å²) in [4.78, 5) is 14.3. The predicted octanol–water partition coefficient (Wildman–Crippen LogP) is 0.0237. The highest BCUT2D eigenvalue weighted by Gasteiger charge is 2.31. The van der Waals surface area contributed by atoms with Gasteiger partial charge in [0.15, 0.2) is 0 Å². The van der Waals surface area contributed by atoms with E-state index in [1.165, 1.54) is 0 Å². The number of morpholine rings is 1. The van der Waals surface area contributed by atoms with Crippen LogP contribution in [0.15, 0.2) is 30.3 Å². The molecule has 3 N–H and O–H groups in total. The van der Waals surface area contributed by atoms with Gasteiger partial charge in [-0.15, -0.1) is 0 Å². The van der Waals surface area contributed by atoms with Crippen LogP contribution in [0.2, 0.25) is 0 Å². The van der Waals surface area contributed by atoms with Crippen LogP contribution in [0.25, 0.3) is 0 Å². The molecule has 1 fully saturated rings. The summed E-state index contributed by atoms with van der Waals surface area (Å²) in [5.41, 5.74) is 6.88. The van der Waals surface area contributed by atoms with Crippen LogP contribution in [0.4, 0.5) is 0 Å². The van der Waals surface area contributed by atoms with E-state index < -0.39 is 0 Å². The third-order valence-corrected chi connectivity index (χ3v) is 3.68. The topological polar surface area (TPSA) is 75.8 Å². The van der Waals surface area contributed by atoms with E-state index in [1.54, 1.807) is 4.90 Å². The number of amides is 1. The zero-order valence-electron chi connectivity index (χ0n) is 11.6. The van der Waals surface area contributed by atoms with Gasteiger partial charge in [-0.3, -0.25) is 4.79 Å². The Morgan fingerprint density at radius 3 is 2.85 bits per heavy atom. The fourth-order valence-corrected chi connectivity index (χ4v) is 2.50. The molecule has 1 aromatic rings. The molecule has 2 rings (SSSR count). The Balaban J connectivity index is 2.04. The first kappa shape index (κ1) is 15.0. The molecule has 1 heterocycles. The van der Waals surface area contributed by atoms with Crippen molar-refractivity contribution in [3.05, 3.63) is 35.9 Å². The van der Waals surface area contributed by atoms with Gasteiger partial charge in [0.05, 0.1) is 31.8 Å². The number of hydrogen-bond donors (Lipinski definition) is 2. The molecule has 1 aliphatic heterocycles. The summed E-state index contributed by atoms with van der Waals surface area (Å²) in [6.07, 6.45) is 0.631. The lowest BCUT2D eigenvalue weighted by Gasteiger charge is -2.36. The zero-order valence-corrected chi connectivity index (χ0v) is 11.6. The van der Waals surface area contributed by atoms with Gasteiger partial charge in [-0.25, -0.2) is 0 Å². The molecule has 20 heavy (non-hydrogen) atoms. The molecule has 2 unspecified atom stereocenters. The Hall–Kier alpha value is -1.43. The van der Waals surface area contributed by atoms with Crippen molar-refractivity contribution >= 4 is 5.91 Å². The summed E-state index contributed by atoms with van der Waals surface area (Å²) in [5.74, 6) is -0.233. The Kier molecular flexibility index (Phi) is 5.52. The Bertz CT molecular complexity index is 424. The number of carbonyl (C=O) groups excluding carboxylic acids is 1. The van der Waals surface area contributed by atoms with E-state index in [0.29, 0.717) is 32.7 Å². The van der Waals surface area contributed by atoms with Gasteiger partial charge < -0.3 is 20.5 Å². The largest absolute Gasteiger partial charge is 0.394 e. The third-order valence-electron chi connectivity index (χ3n) is 3.68. The van der Waals surface area contributed by atoms with Gasteiger partial charge >= 0.3 is 0 Å². The summed E-state index contributed by atoms with van der Waals surface area (Å²) in [6, 6.07) is 9.61. The molecular weight excluding hydrogens is 256 g/mol. The minimum Gasteiger partial charge on any atom is -0.394 e. The SMILES string of the molecule is NCC(Cc1ccccc1)C(=O)N1CCOCC1CO. The highest BCUT2D eigenvalue weighted by atomic mass is 16.5. The van der Waals surface area contributed by atoms with Crippen LogP contribution in [-0.4, -0.2) is 54.9 Å². The standard InChI is InChI=1S/C15H22N2O3/c16-9-13(8-12-4-2-1-3-5-12)15(19)17-6-7-20-11-14(17)10-18/h1-5,13-14,18H,6-11,16H2. The number of carbonyl (C=O) groups is 1. The summed E-state index contributed by atoms with van der Waals surface area (Å²) >= 11 is 0. The van der Waals surface area contributed by atoms with Gasteiger partial charge in [-0.1, -0.05) is 30.3 Å². The Morgan fingerprint density at radius 2 is 2.20 bits per heavy atom. The monoisotopic (exact) mass is 278 g/mol. The minimum atomic E-state index is -0.249. The van der Waals surface area contributed by atoms with Crippen LogP contribution in [0, 0.1) is 5.92 Å². The number of aliphatic hydroxyl groups is 1. The van der Waals surface area contributed by atoms with Crippen LogP contribution in [0.3, 0.4) is 0 Å². The second-order valence-electron chi connectivity index (χ2n) is 5.07. The van der Waals surface area contributed by atoms with Crippen LogP contribution >= 0.6 is 0 Å². The average molecular weight is 278 g/mol. The number of ether oxygens (including phenoxy) is 1. The first-order chi connectivity index (χ1) is 9.76. The van der Waals surface area contributed by atoms with Crippen LogP contribution < -0.4 is 5.73 Å². The molecule has 1 saturated heterocycles. The second-order valence-corrected chi connectivity index (χ2v) is 5.07.